The molecule has 15 heteroatoms. The highest BCUT2D eigenvalue weighted by atomic mass is 31.2. The van der Waals surface area contributed by atoms with E-state index in [1.807, 2.05) is 0 Å². The number of anilines is 1. The molecule has 4 amide bonds. The number of pyridine rings is 1. The van der Waals surface area contributed by atoms with Gasteiger partial charge in [0.2, 0.25) is 23.6 Å². The molecule has 0 bridgehead atoms. The number of hydrogen-bond acceptors (Lipinski definition) is 8. The Balaban J connectivity index is 0.00000116. The van der Waals surface area contributed by atoms with Crippen molar-refractivity contribution in [2.24, 2.45) is 5.73 Å². The first-order valence-electron chi connectivity index (χ1n) is 16.5. The van der Waals surface area contributed by atoms with E-state index in [2.05, 4.69) is 11.9 Å². The molecule has 1 aromatic heterocycles. The second kappa shape index (κ2) is 22.1. The Hall–Kier alpha value is -4.75. The van der Waals surface area contributed by atoms with Gasteiger partial charge in [-0.05, 0) is 48.4 Å². The van der Waals surface area contributed by atoms with Gasteiger partial charge in [-0.1, -0.05) is 68.3 Å². The molecule has 0 unspecified atom stereocenters. The molecule has 0 aliphatic carbocycles. The van der Waals surface area contributed by atoms with E-state index in [1.165, 1.54) is 29.7 Å². The van der Waals surface area contributed by atoms with Gasteiger partial charge in [0, 0.05) is 44.6 Å². The zero-order valence-corrected chi connectivity index (χ0v) is 30.4. The average molecular weight is 725 g/mol. The minimum Gasteiger partial charge on any atom is -0.368 e. The topological polar surface area (TPSA) is 195 Å². The van der Waals surface area contributed by atoms with E-state index < -0.39 is 25.3 Å². The van der Waals surface area contributed by atoms with E-state index in [9.17, 15) is 38.3 Å². The molecule has 2 aromatic carbocycles. The van der Waals surface area contributed by atoms with Crippen LogP contribution in [0.2, 0.25) is 0 Å². The molecule has 1 heterocycles. The monoisotopic (exact) mass is 724 g/mol. The number of hydrogen-bond donors (Lipinski definition) is 3. The lowest BCUT2D eigenvalue weighted by Crippen LogP contribution is -2.49. The number of rotatable bonds is 19. The molecule has 0 atom stereocenters. The average Bonchev–Trinajstić information content (AvgIpc) is 3.08. The Morgan fingerprint density at radius 1 is 0.784 bits per heavy atom. The Morgan fingerprint density at radius 3 is 2.02 bits per heavy atom. The first kappa shape index (κ1) is 42.4. The number of para-hydroxylation sites is 1. The first-order valence-corrected chi connectivity index (χ1v) is 18.3. The Morgan fingerprint density at radius 2 is 1.45 bits per heavy atom. The second-order valence-corrected chi connectivity index (χ2v) is 13.8. The van der Waals surface area contributed by atoms with Crippen molar-refractivity contribution in [3.63, 3.8) is 0 Å². The lowest BCUT2D eigenvalue weighted by atomic mass is 10.1. The van der Waals surface area contributed by atoms with Crippen molar-refractivity contribution in [2.75, 3.05) is 45.2 Å². The number of nitrogens with zero attached hydrogens (tertiary/aromatic N) is 5. The lowest BCUT2D eigenvalue weighted by Gasteiger charge is -2.29. The summed E-state index contributed by atoms with van der Waals surface area (Å²) in [5.41, 5.74) is 7.74. The summed E-state index contributed by atoms with van der Waals surface area (Å²) in [6.45, 7) is 1.51. The van der Waals surface area contributed by atoms with Crippen LogP contribution in [-0.4, -0.2) is 99.7 Å². The van der Waals surface area contributed by atoms with Crippen LogP contribution in [0, 0.1) is 0 Å². The van der Waals surface area contributed by atoms with Gasteiger partial charge in [-0.25, -0.2) is 0 Å². The summed E-state index contributed by atoms with van der Waals surface area (Å²) < 4.78 is 11.3. The Bertz CT molecular complexity index is 1590. The van der Waals surface area contributed by atoms with Gasteiger partial charge in [-0.15, -0.1) is 0 Å². The highest BCUT2D eigenvalue weighted by molar-refractivity contribution is 7.50. The van der Waals surface area contributed by atoms with Crippen LogP contribution >= 0.6 is 7.60 Å². The fourth-order valence-electron chi connectivity index (χ4n) is 4.87. The van der Waals surface area contributed by atoms with E-state index in [-0.39, 0.29) is 44.8 Å². The molecule has 3 aromatic rings. The molecule has 0 aliphatic heterocycles. The molecule has 0 saturated carbocycles. The molecular weight excluding hydrogens is 675 g/mol. The van der Waals surface area contributed by atoms with E-state index in [0.717, 1.165) is 29.6 Å². The van der Waals surface area contributed by atoms with E-state index in [1.54, 1.807) is 91.1 Å². The Labute approximate surface area is 299 Å². The molecule has 14 nitrogen and oxygen atoms in total. The third-order valence-corrected chi connectivity index (χ3v) is 8.23. The highest BCUT2D eigenvalue weighted by Crippen LogP contribution is 2.38. The van der Waals surface area contributed by atoms with Crippen LogP contribution in [0.3, 0.4) is 0 Å². The van der Waals surface area contributed by atoms with Crippen LogP contribution < -0.4 is 10.6 Å². The van der Waals surface area contributed by atoms with Gasteiger partial charge in [0.25, 0.3) is 0 Å². The Kier molecular flexibility index (Phi) is 18.4. The smallest absolute Gasteiger partial charge is 0.329 e. The molecule has 0 saturated heterocycles. The lowest BCUT2D eigenvalue weighted by molar-refractivity contribution is -0.141. The fourth-order valence-corrected chi connectivity index (χ4v) is 5.55. The zero-order chi connectivity index (χ0) is 37.8. The maximum absolute atomic E-state index is 13.7. The van der Waals surface area contributed by atoms with Crippen molar-refractivity contribution in [3.8, 4) is 0 Å². The summed E-state index contributed by atoms with van der Waals surface area (Å²) in [7, 11) is -1.02. The molecular formula is C36H49N6O8P. The first-order chi connectivity index (χ1) is 24.2. The number of nitrogens with two attached hydrogens (primary N) is 1. The molecule has 0 spiro atoms. The summed E-state index contributed by atoms with van der Waals surface area (Å²) in [6, 6.07) is 18.9. The van der Waals surface area contributed by atoms with Crippen molar-refractivity contribution < 1.29 is 38.3 Å². The van der Waals surface area contributed by atoms with E-state index >= 15 is 0 Å². The number of likely N-dealkylation sites (N-methyl/N-ethyl adjacent to an activating group) is 2. The summed E-state index contributed by atoms with van der Waals surface area (Å²) in [4.78, 5) is 89.2. The van der Waals surface area contributed by atoms with Crippen LogP contribution in [0.1, 0.15) is 49.3 Å². The van der Waals surface area contributed by atoms with Gasteiger partial charge in [-0.2, -0.15) is 0 Å². The number of aldehydes is 1. The van der Waals surface area contributed by atoms with E-state index in [4.69, 9.17) is 5.73 Å². The van der Waals surface area contributed by atoms with Crippen molar-refractivity contribution in [1.29, 1.82) is 0 Å². The quantitative estimate of drug-likeness (QED) is 0.0940. The van der Waals surface area contributed by atoms with Gasteiger partial charge in [0.15, 0.2) is 0 Å². The molecule has 51 heavy (non-hydrogen) atoms. The van der Waals surface area contributed by atoms with Gasteiger partial charge in [0.1, 0.15) is 19.4 Å². The third kappa shape index (κ3) is 17.2. The van der Waals surface area contributed by atoms with Crippen molar-refractivity contribution in [2.45, 2.75) is 51.9 Å². The summed E-state index contributed by atoms with van der Waals surface area (Å²) in [5.74, 6) is -2.03. The molecule has 0 aliphatic rings. The van der Waals surface area contributed by atoms with Crippen LogP contribution in [0.4, 0.5) is 5.69 Å². The number of carbonyl (C=O) groups is 5. The SMILES string of the molecule is CCCCCC=O.CN(CC(=O)N(CC(=O)N(CC(=O)N(C)CC(N)=O)Cc1cccnc1)c1ccccc1)Cc1ccc(CP(=O)(O)O)cc1. The molecule has 4 N–H and O–H groups in total. The van der Waals surface area contributed by atoms with Crippen molar-refractivity contribution >= 4 is 43.2 Å². The number of carbonyl (C=O) groups excluding carboxylic acids is 5. The summed E-state index contributed by atoms with van der Waals surface area (Å²) in [6.07, 6.45) is 8.00. The summed E-state index contributed by atoms with van der Waals surface area (Å²) in [5, 5.41) is 0. The normalized spacial score (nSPS) is 10.9. The highest BCUT2D eigenvalue weighted by Gasteiger charge is 2.26. The predicted molar refractivity (Wildman–Crippen MR) is 194 cm³/mol. The van der Waals surface area contributed by atoms with Crippen molar-refractivity contribution in [3.05, 3.63) is 95.8 Å². The maximum Gasteiger partial charge on any atom is 0.329 e. The number of unbranched alkanes of at least 4 members (excludes halogenated alkanes) is 3. The minimum atomic E-state index is -4.18. The second-order valence-electron chi connectivity index (χ2n) is 12.1. The van der Waals surface area contributed by atoms with Crippen LogP contribution in [-0.2, 0) is 47.8 Å². The third-order valence-electron chi connectivity index (χ3n) is 7.45. The largest absolute Gasteiger partial charge is 0.368 e. The number of amides is 4. The number of primary amides is 1. The van der Waals surface area contributed by atoms with Gasteiger partial charge >= 0.3 is 7.60 Å². The molecule has 0 fully saturated rings. The number of benzene rings is 2. The molecule has 0 radical (unpaired) electrons. The molecule has 3 rings (SSSR count). The van der Waals surface area contributed by atoms with Crippen LogP contribution in [0.15, 0.2) is 79.1 Å². The van der Waals surface area contributed by atoms with Crippen LogP contribution in [0.25, 0.3) is 0 Å². The van der Waals surface area contributed by atoms with Gasteiger partial charge in [-0.3, -0.25) is 33.6 Å². The van der Waals surface area contributed by atoms with E-state index in [0.29, 0.717) is 23.4 Å². The fraction of sp³-hybridized carbons (Fsp3) is 0.389. The standard InChI is InChI=1S/C30H37N6O7P.C6H12O/c1-33(16-23-10-12-24(13-11-23)22-44(41,42)43)19-30(40)36(26-8-4-3-5-9-26)21-29(39)35(17-25-7-6-14-32-15-25)20-28(38)34(2)18-27(31)37;1-2-3-4-5-6-7/h3-15H,16-22H2,1-2H3,(H2,31,37)(H2,41,42,43);6H,2-5H2,1H3. The zero-order valence-electron chi connectivity index (χ0n) is 29.5. The number of aromatic nitrogens is 1. The van der Waals surface area contributed by atoms with Gasteiger partial charge < -0.3 is 35.0 Å². The minimum absolute atomic E-state index is 0.0463. The van der Waals surface area contributed by atoms with Gasteiger partial charge in [0.05, 0.1) is 19.3 Å². The molecule has 276 valence electrons. The van der Waals surface area contributed by atoms with Crippen LogP contribution in [0.5, 0.6) is 0 Å². The van der Waals surface area contributed by atoms with Crippen molar-refractivity contribution in [1.82, 2.24) is 19.7 Å². The predicted octanol–water partition coefficient (Wildman–Crippen LogP) is 2.96. The maximum atomic E-state index is 13.7. The summed E-state index contributed by atoms with van der Waals surface area (Å²) >= 11 is 0.